The van der Waals surface area contributed by atoms with E-state index in [2.05, 4.69) is 9.88 Å². The van der Waals surface area contributed by atoms with E-state index in [4.69, 9.17) is 9.84 Å². The topological polar surface area (TPSA) is 62.7 Å². The molecule has 0 spiro atoms. The minimum Gasteiger partial charge on any atom is -0.477 e. The van der Waals surface area contributed by atoms with Gasteiger partial charge in [-0.15, -0.1) is 0 Å². The smallest absolute Gasteiger partial charge is 0.347 e. The van der Waals surface area contributed by atoms with E-state index in [1.54, 1.807) is 0 Å². The fraction of sp³-hybridized carbons (Fsp3) is 0.692. The van der Waals surface area contributed by atoms with Gasteiger partial charge in [0, 0.05) is 20.2 Å². The van der Waals surface area contributed by atoms with Crippen molar-refractivity contribution in [2.45, 2.75) is 26.2 Å². The second kappa shape index (κ2) is 6.34. The SMILES string of the molecule is CCc1nc(N(C)CC2CCCOC2)sc1C(=O)O. The summed E-state index contributed by atoms with van der Waals surface area (Å²) in [6.07, 6.45) is 2.93. The summed E-state index contributed by atoms with van der Waals surface area (Å²) in [6.45, 7) is 4.46. The zero-order chi connectivity index (χ0) is 13.8. The molecular weight excluding hydrogens is 264 g/mol. The summed E-state index contributed by atoms with van der Waals surface area (Å²) in [7, 11) is 1.97. The number of aromatic carboxylic acids is 1. The Hall–Kier alpha value is -1.14. The highest BCUT2D eigenvalue weighted by molar-refractivity contribution is 7.17. The molecule has 1 aromatic heterocycles. The monoisotopic (exact) mass is 284 g/mol. The number of rotatable bonds is 5. The molecule has 1 N–H and O–H groups in total. The number of aromatic nitrogens is 1. The van der Waals surface area contributed by atoms with Gasteiger partial charge in [-0.1, -0.05) is 18.3 Å². The second-order valence-electron chi connectivity index (χ2n) is 4.89. The molecule has 0 radical (unpaired) electrons. The summed E-state index contributed by atoms with van der Waals surface area (Å²) in [5.41, 5.74) is 0.680. The number of hydrogen-bond donors (Lipinski definition) is 1. The van der Waals surface area contributed by atoms with Crippen molar-refractivity contribution in [1.82, 2.24) is 4.98 Å². The van der Waals surface area contributed by atoms with Gasteiger partial charge < -0.3 is 14.7 Å². The zero-order valence-corrected chi connectivity index (χ0v) is 12.2. The summed E-state index contributed by atoms with van der Waals surface area (Å²) >= 11 is 1.26. The van der Waals surface area contributed by atoms with E-state index in [-0.39, 0.29) is 0 Å². The average molecular weight is 284 g/mol. The third-order valence-electron chi connectivity index (χ3n) is 3.33. The lowest BCUT2D eigenvalue weighted by Gasteiger charge is -2.26. The van der Waals surface area contributed by atoms with Crippen molar-refractivity contribution in [3.63, 3.8) is 0 Å². The van der Waals surface area contributed by atoms with E-state index in [1.165, 1.54) is 17.8 Å². The Labute approximate surface area is 117 Å². The van der Waals surface area contributed by atoms with Crippen LogP contribution in [0.1, 0.15) is 35.1 Å². The molecule has 1 saturated heterocycles. The molecule has 5 nitrogen and oxygen atoms in total. The highest BCUT2D eigenvalue weighted by Gasteiger charge is 2.21. The van der Waals surface area contributed by atoms with Gasteiger partial charge in [0.15, 0.2) is 5.13 Å². The van der Waals surface area contributed by atoms with E-state index in [0.717, 1.165) is 31.3 Å². The summed E-state index contributed by atoms with van der Waals surface area (Å²) in [5, 5.41) is 9.94. The molecule has 6 heteroatoms. The predicted octanol–water partition coefficient (Wildman–Crippen LogP) is 2.27. The average Bonchev–Trinajstić information content (AvgIpc) is 2.84. The first-order chi connectivity index (χ1) is 9.11. The van der Waals surface area contributed by atoms with Crippen molar-refractivity contribution in [1.29, 1.82) is 0 Å². The number of nitrogens with zero attached hydrogens (tertiary/aromatic N) is 2. The molecule has 1 atom stereocenters. The minimum absolute atomic E-state index is 0.365. The van der Waals surface area contributed by atoms with Gasteiger partial charge in [-0.05, 0) is 25.2 Å². The van der Waals surface area contributed by atoms with Gasteiger partial charge in [0.25, 0.3) is 0 Å². The van der Waals surface area contributed by atoms with Crippen LogP contribution >= 0.6 is 11.3 Å². The van der Waals surface area contributed by atoms with Gasteiger partial charge in [-0.25, -0.2) is 9.78 Å². The minimum atomic E-state index is -0.880. The molecule has 1 aliphatic rings. The fourth-order valence-electron chi connectivity index (χ4n) is 2.33. The van der Waals surface area contributed by atoms with Crippen LogP contribution in [0.25, 0.3) is 0 Å². The van der Waals surface area contributed by atoms with Gasteiger partial charge >= 0.3 is 5.97 Å². The lowest BCUT2D eigenvalue weighted by Crippen LogP contribution is -2.30. The predicted molar refractivity (Wildman–Crippen MR) is 75.3 cm³/mol. The molecule has 2 rings (SSSR count). The van der Waals surface area contributed by atoms with Gasteiger partial charge in [0.2, 0.25) is 0 Å². The number of hydrogen-bond acceptors (Lipinski definition) is 5. The lowest BCUT2D eigenvalue weighted by molar-refractivity contribution is 0.0576. The van der Waals surface area contributed by atoms with Crippen LogP contribution in [0.2, 0.25) is 0 Å². The first-order valence-corrected chi connectivity index (χ1v) is 7.45. The maximum atomic E-state index is 11.1. The molecule has 1 unspecified atom stereocenters. The van der Waals surface area contributed by atoms with Crippen molar-refractivity contribution < 1.29 is 14.6 Å². The molecule has 2 heterocycles. The van der Waals surface area contributed by atoms with Crippen molar-refractivity contribution in [2.24, 2.45) is 5.92 Å². The number of aryl methyl sites for hydroxylation is 1. The van der Waals surface area contributed by atoms with Crippen LogP contribution < -0.4 is 4.90 Å². The van der Waals surface area contributed by atoms with E-state index < -0.39 is 5.97 Å². The second-order valence-corrected chi connectivity index (χ2v) is 5.87. The third-order valence-corrected chi connectivity index (χ3v) is 4.53. The number of thiazole rings is 1. The summed E-state index contributed by atoms with van der Waals surface area (Å²) in [5.74, 6) is -0.365. The summed E-state index contributed by atoms with van der Waals surface area (Å²) in [6, 6.07) is 0. The lowest BCUT2D eigenvalue weighted by atomic mass is 10.0. The molecule has 106 valence electrons. The summed E-state index contributed by atoms with van der Waals surface area (Å²) < 4.78 is 5.47. The fourth-order valence-corrected chi connectivity index (χ4v) is 3.29. The van der Waals surface area contributed by atoms with E-state index in [1.807, 2.05) is 14.0 Å². The molecule has 19 heavy (non-hydrogen) atoms. The van der Waals surface area contributed by atoms with Crippen molar-refractivity contribution in [2.75, 3.05) is 31.7 Å². The zero-order valence-electron chi connectivity index (χ0n) is 11.4. The van der Waals surface area contributed by atoms with Crippen LogP contribution in [0.4, 0.5) is 5.13 Å². The van der Waals surface area contributed by atoms with Gasteiger partial charge in [0.1, 0.15) is 4.88 Å². The van der Waals surface area contributed by atoms with Crippen LogP contribution in [0.3, 0.4) is 0 Å². The normalized spacial score (nSPS) is 19.4. The summed E-state index contributed by atoms with van der Waals surface area (Å²) in [4.78, 5) is 18.0. The van der Waals surface area contributed by atoms with Crippen LogP contribution in [-0.2, 0) is 11.2 Å². The van der Waals surface area contributed by atoms with Crippen molar-refractivity contribution >= 4 is 22.4 Å². The molecule has 0 saturated carbocycles. The van der Waals surface area contributed by atoms with Gasteiger partial charge in [-0.2, -0.15) is 0 Å². The van der Waals surface area contributed by atoms with Gasteiger partial charge in [0.05, 0.1) is 12.3 Å². The quantitative estimate of drug-likeness (QED) is 0.898. The number of carboxylic acid groups (broad SMARTS) is 1. The Bertz CT molecular complexity index is 441. The molecule has 1 aliphatic heterocycles. The molecule has 0 bridgehead atoms. The molecule has 0 aromatic carbocycles. The maximum absolute atomic E-state index is 11.1. The molecular formula is C13H20N2O3S. The van der Waals surface area contributed by atoms with Crippen molar-refractivity contribution in [3.05, 3.63) is 10.6 Å². The molecule has 1 fully saturated rings. The van der Waals surface area contributed by atoms with Crippen LogP contribution in [-0.4, -0.2) is 42.9 Å². The Morgan fingerprint density at radius 3 is 2.95 bits per heavy atom. The van der Waals surface area contributed by atoms with Gasteiger partial charge in [-0.3, -0.25) is 0 Å². The first-order valence-electron chi connectivity index (χ1n) is 6.63. The first kappa shape index (κ1) is 14.3. The number of carboxylic acids is 1. The largest absolute Gasteiger partial charge is 0.477 e. The highest BCUT2D eigenvalue weighted by atomic mass is 32.1. The molecule has 0 amide bonds. The van der Waals surface area contributed by atoms with Crippen LogP contribution in [0, 0.1) is 5.92 Å². The number of anilines is 1. The third kappa shape index (κ3) is 3.45. The van der Waals surface area contributed by atoms with E-state index in [9.17, 15) is 4.79 Å². The molecule has 0 aliphatic carbocycles. The van der Waals surface area contributed by atoms with E-state index >= 15 is 0 Å². The standard InChI is InChI=1S/C13H20N2O3S/c1-3-10-11(12(16)17)19-13(14-10)15(2)7-9-5-4-6-18-8-9/h9H,3-8H2,1-2H3,(H,16,17). The van der Waals surface area contributed by atoms with Crippen molar-refractivity contribution in [3.8, 4) is 0 Å². The Kier molecular flexibility index (Phi) is 4.76. The number of ether oxygens (including phenoxy) is 1. The van der Waals surface area contributed by atoms with Crippen LogP contribution in [0.15, 0.2) is 0 Å². The Balaban J connectivity index is 2.05. The van der Waals surface area contributed by atoms with Crippen LogP contribution in [0.5, 0.6) is 0 Å². The van der Waals surface area contributed by atoms with E-state index in [0.29, 0.717) is 22.9 Å². The Morgan fingerprint density at radius 2 is 2.42 bits per heavy atom. The molecule has 1 aromatic rings. The maximum Gasteiger partial charge on any atom is 0.347 e. The highest BCUT2D eigenvalue weighted by Crippen LogP contribution is 2.27. The Morgan fingerprint density at radius 1 is 1.63 bits per heavy atom. The number of carbonyl (C=O) groups is 1.